The van der Waals surface area contributed by atoms with Crippen molar-refractivity contribution >= 4 is 23.6 Å². The van der Waals surface area contributed by atoms with Crippen molar-refractivity contribution in [1.29, 1.82) is 0 Å². The van der Waals surface area contributed by atoms with Crippen LogP contribution in [0.5, 0.6) is 0 Å². The average molecular weight is 259 g/mol. The van der Waals surface area contributed by atoms with E-state index in [4.69, 9.17) is 5.73 Å². The number of carbonyl (C=O) groups is 2. The van der Waals surface area contributed by atoms with Crippen molar-refractivity contribution in [2.75, 3.05) is 25.6 Å². The zero-order valence-electron chi connectivity index (χ0n) is 10.4. The summed E-state index contributed by atoms with van der Waals surface area (Å²) < 4.78 is 0. The van der Waals surface area contributed by atoms with Gasteiger partial charge in [-0.2, -0.15) is 11.8 Å². The number of rotatable bonds is 5. The molecule has 1 heterocycles. The maximum atomic E-state index is 11.8. The van der Waals surface area contributed by atoms with Gasteiger partial charge in [0.1, 0.15) is 0 Å². The lowest BCUT2D eigenvalue weighted by Crippen LogP contribution is -2.52. The minimum Gasteiger partial charge on any atom is -0.350 e. The van der Waals surface area contributed by atoms with E-state index in [0.717, 1.165) is 5.75 Å². The minimum absolute atomic E-state index is 0.0468. The summed E-state index contributed by atoms with van der Waals surface area (Å²) in [6.07, 6.45) is 3.90. The number of nitrogens with two attached hydrogens (primary N) is 1. The van der Waals surface area contributed by atoms with Crippen LogP contribution in [0.2, 0.25) is 0 Å². The van der Waals surface area contributed by atoms with E-state index in [1.807, 2.05) is 6.26 Å². The summed E-state index contributed by atoms with van der Waals surface area (Å²) in [5, 5.41) is 2.91. The van der Waals surface area contributed by atoms with Crippen molar-refractivity contribution in [2.24, 2.45) is 5.73 Å². The van der Waals surface area contributed by atoms with Crippen LogP contribution in [0.3, 0.4) is 0 Å². The Morgan fingerprint density at radius 1 is 1.71 bits per heavy atom. The third-order valence-electron chi connectivity index (χ3n) is 2.94. The predicted octanol–water partition coefficient (Wildman–Crippen LogP) is -0.196. The molecule has 3 N–H and O–H groups in total. The van der Waals surface area contributed by atoms with Crippen LogP contribution in [0.4, 0.5) is 0 Å². The van der Waals surface area contributed by atoms with E-state index in [-0.39, 0.29) is 17.9 Å². The van der Waals surface area contributed by atoms with Crippen molar-refractivity contribution in [3.8, 4) is 0 Å². The largest absolute Gasteiger partial charge is 0.350 e. The summed E-state index contributed by atoms with van der Waals surface area (Å²) in [5.41, 5.74) is 5.78. The summed E-state index contributed by atoms with van der Waals surface area (Å²) in [7, 11) is 1.76. The Hall–Kier alpha value is -0.750. The lowest BCUT2D eigenvalue weighted by atomic mass is 10.0. The Labute approximate surface area is 106 Å². The molecule has 2 amide bonds. The molecule has 1 fully saturated rings. The second-order valence-corrected chi connectivity index (χ2v) is 5.39. The van der Waals surface area contributed by atoms with Crippen LogP contribution >= 0.6 is 11.8 Å². The molecule has 6 heteroatoms. The molecule has 0 aromatic heterocycles. The van der Waals surface area contributed by atoms with Crippen molar-refractivity contribution in [1.82, 2.24) is 10.2 Å². The fourth-order valence-electron chi connectivity index (χ4n) is 1.81. The highest BCUT2D eigenvalue weighted by Crippen LogP contribution is 2.10. The molecule has 98 valence electrons. The molecular weight excluding hydrogens is 238 g/mol. The molecule has 0 bridgehead atoms. The number of piperidine rings is 1. The van der Waals surface area contributed by atoms with E-state index < -0.39 is 6.04 Å². The van der Waals surface area contributed by atoms with Crippen LogP contribution in [0.1, 0.15) is 19.3 Å². The van der Waals surface area contributed by atoms with Gasteiger partial charge in [0, 0.05) is 26.1 Å². The normalized spacial score (nSPS) is 22.4. The van der Waals surface area contributed by atoms with E-state index in [1.165, 1.54) is 0 Å². The SMILES string of the molecule is CSCC[C@H](N)C(=O)NC1CCC(=O)N(C)C1. The van der Waals surface area contributed by atoms with Crippen LogP contribution in [0.15, 0.2) is 0 Å². The van der Waals surface area contributed by atoms with Gasteiger partial charge in [0.2, 0.25) is 11.8 Å². The molecule has 5 nitrogen and oxygen atoms in total. The smallest absolute Gasteiger partial charge is 0.237 e. The van der Waals surface area contributed by atoms with Crippen molar-refractivity contribution in [2.45, 2.75) is 31.3 Å². The number of thioether (sulfide) groups is 1. The molecule has 1 aliphatic rings. The number of hydrogen-bond acceptors (Lipinski definition) is 4. The first kappa shape index (κ1) is 14.3. The lowest BCUT2D eigenvalue weighted by Gasteiger charge is -2.30. The summed E-state index contributed by atoms with van der Waals surface area (Å²) in [5.74, 6) is 0.923. The van der Waals surface area contributed by atoms with E-state index in [2.05, 4.69) is 5.32 Å². The zero-order valence-corrected chi connectivity index (χ0v) is 11.3. The molecule has 0 saturated carbocycles. The Bertz CT molecular complexity index is 286. The van der Waals surface area contributed by atoms with Gasteiger partial charge in [0.15, 0.2) is 0 Å². The fraction of sp³-hybridized carbons (Fsp3) is 0.818. The second kappa shape index (κ2) is 6.86. The van der Waals surface area contributed by atoms with Crippen molar-refractivity contribution in [3.05, 3.63) is 0 Å². The third-order valence-corrected chi connectivity index (χ3v) is 3.59. The van der Waals surface area contributed by atoms with Gasteiger partial charge in [-0.05, 0) is 24.9 Å². The molecule has 0 radical (unpaired) electrons. The molecule has 0 aliphatic carbocycles. The first-order chi connectivity index (χ1) is 8.04. The summed E-state index contributed by atoms with van der Waals surface area (Å²) in [6.45, 7) is 0.583. The molecule has 1 rings (SSSR count). The van der Waals surface area contributed by atoms with E-state index >= 15 is 0 Å². The zero-order chi connectivity index (χ0) is 12.8. The first-order valence-electron chi connectivity index (χ1n) is 5.83. The molecule has 0 aromatic rings. The maximum absolute atomic E-state index is 11.8. The molecule has 0 spiro atoms. The quantitative estimate of drug-likeness (QED) is 0.717. The molecule has 1 saturated heterocycles. The standard InChI is InChI=1S/C11H21N3O2S/c1-14-7-8(3-4-10(14)15)13-11(16)9(12)5-6-17-2/h8-9H,3-7,12H2,1-2H3,(H,13,16)/t8?,9-/m0/s1. The highest BCUT2D eigenvalue weighted by atomic mass is 32.2. The van der Waals surface area contributed by atoms with Gasteiger partial charge in [-0.3, -0.25) is 9.59 Å². The van der Waals surface area contributed by atoms with Crippen LogP contribution in [-0.4, -0.2) is 54.4 Å². The van der Waals surface area contributed by atoms with E-state index in [1.54, 1.807) is 23.7 Å². The maximum Gasteiger partial charge on any atom is 0.237 e. The second-order valence-electron chi connectivity index (χ2n) is 4.41. The summed E-state index contributed by atoms with van der Waals surface area (Å²) in [6, 6.07) is -0.393. The number of amides is 2. The Morgan fingerprint density at radius 3 is 3.00 bits per heavy atom. The summed E-state index contributed by atoms with van der Waals surface area (Å²) in [4.78, 5) is 24.7. The monoisotopic (exact) mass is 259 g/mol. The van der Waals surface area contributed by atoms with E-state index in [9.17, 15) is 9.59 Å². The van der Waals surface area contributed by atoms with Gasteiger partial charge in [-0.1, -0.05) is 0 Å². The van der Waals surface area contributed by atoms with Crippen molar-refractivity contribution in [3.63, 3.8) is 0 Å². The van der Waals surface area contributed by atoms with E-state index in [0.29, 0.717) is 25.8 Å². The Morgan fingerprint density at radius 2 is 2.41 bits per heavy atom. The highest BCUT2D eigenvalue weighted by molar-refractivity contribution is 7.98. The fourth-order valence-corrected chi connectivity index (χ4v) is 2.30. The van der Waals surface area contributed by atoms with Gasteiger partial charge in [-0.15, -0.1) is 0 Å². The highest BCUT2D eigenvalue weighted by Gasteiger charge is 2.25. The number of hydrogen-bond donors (Lipinski definition) is 2. The van der Waals surface area contributed by atoms with Crippen LogP contribution in [0.25, 0.3) is 0 Å². The molecule has 1 aliphatic heterocycles. The number of likely N-dealkylation sites (tertiary alicyclic amines) is 1. The van der Waals surface area contributed by atoms with Gasteiger partial charge < -0.3 is 16.0 Å². The van der Waals surface area contributed by atoms with Gasteiger partial charge >= 0.3 is 0 Å². The number of likely N-dealkylation sites (N-methyl/N-ethyl adjacent to an activating group) is 1. The first-order valence-corrected chi connectivity index (χ1v) is 7.23. The van der Waals surface area contributed by atoms with Crippen LogP contribution < -0.4 is 11.1 Å². The Balaban J connectivity index is 2.33. The number of carbonyl (C=O) groups excluding carboxylic acids is 2. The lowest BCUT2D eigenvalue weighted by molar-refractivity contribution is -0.134. The molecule has 17 heavy (non-hydrogen) atoms. The summed E-state index contributed by atoms with van der Waals surface area (Å²) >= 11 is 1.68. The molecule has 0 aromatic carbocycles. The average Bonchev–Trinajstić information content (AvgIpc) is 2.30. The van der Waals surface area contributed by atoms with Gasteiger partial charge in [0.25, 0.3) is 0 Å². The predicted molar refractivity (Wildman–Crippen MR) is 69.8 cm³/mol. The molecule has 1 unspecified atom stereocenters. The topological polar surface area (TPSA) is 75.4 Å². The number of nitrogens with one attached hydrogen (secondary N) is 1. The number of nitrogens with zero attached hydrogens (tertiary/aromatic N) is 1. The van der Waals surface area contributed by atoms with Crippen LogP contribution in [-0.2, 0) is 9.59 Å². The van der Waals surface area contributed by atoms with Gasteiger partial charge in [-0.25, -0.2) is 0 Å². The minimum atomic E-state index is -0.439. The van der Waals surface area contributed by atoms with Crippen LogP contribution in [0, 0.1) is 0 Å². The molecule has 2 atom stereocenters. The van der Waals surface area contributed by atoms with Crippen molar-refractivity contribution < 1.29 is 9.59 Å². The Kier molecular flexibility index (Phi) is 5.77. The third kappa shape index (κ3) is 4.55. The van der Waals surface area contributed by atoms with Gasteiger partial charge in [0.05, 0.1) is 6.04 Å². The molecular formula is C11H21N3O2S.